The SMILES string of the molecule is O=[N+]([O-])c1ccc(O)c(Cl)n1. The van der Waals surface area contributed by atoms with Crippen LogP contribution < -0.4 is 0 Å². The second-order valence-electron chi connectivity index (χ2n) is 1.74. The molecule has 0 amide bonds. The first-order chi connectivity index (χ1) is 5.11. The zero-order chi connectivity index (χ0) is 8.43. The molecule has 1 rings (SSSR count). The molecule has 0 saturated carbocycles. The zero-order valence-electron chi connectivity index (χ0n) is 5.19. The van der Waals surface area contributed by atoms with E-state index in [1.165, 1.54) is 0 Å². The first-order valence-corrected chi connectivity index (χ1v) is 2.99. The van der Waals surface area contributed by atoms with Crippen molar-refractivity contribution in [3.05, 3.63) is 27.4 Å². The number of hydrogen-bond acceptors (Lipinski definition) is 4. The fourth-order valence-electron chi connectivity index (χ4n) is 0.519. The van der Waals surface area contributed by atoms with Crippen molar-refractivity contribution in [3.63, 3.8) is 0 Å². The summed E-state index contributed by atoms with van der Waals surface area (Å²) in [7, 11) is 0. The van der Waals surface area contributed by atoms with Crippen LogP contribution >= 0.6 is 11.6 Å². The van der Waals surface area contributed by atoms with Gasteiger partial charge in [0.1, 0.15) is 0 Å². The fourth-order valence-corrected chi connectivity index (χ4v) is 0.669. The van der Waals surface area contributed by atoms with E-state index in [0.29, 0.717) is 0 Å². The lowest BCUT2D eigenvalue weighted by Gasteiger charge is -1.91. The van der Waals surface area contributed by atoms with E-state index in [4.69, 9.17) is 16.7 Å². The highest BCUT2D eigenvalue weighted by atomic mass is 35.5. The molecule has 5 nitrogen and oxygen atoms in total. The van der Waals surface area contributed by atoms with Gasteiger partial charge in [-0.2, -0.15) is 0 Å². The van der Waals surface area contributed by atoms with Crippen LogP contribution in [0.4, 0.5) is 5.82 Å². The van der Waals surface area contributed by atoms with Crippen molar-refractivity contribution in [1.82, 2.24) is 4.98 Å². The first-order valence-electron chi connectivity index (χ1n) is 2.61. The van der Waals surface area contributed by atoms with Gasteiger partial charge in [0, 0.05) is 6.07 Å². The van der Waals surface area contributed by atoms with Crippen LogP contribution in [0.3, 0.4) is 0 Å². The molecule has 6 heteroatoms. The second kappa shape index (κ2) is 2.71. The Morgan fingerprint density at radius 3 is 2.73 bits per heavy atom. The minimum absolute atomic E-state index is 0.265. The summed E-state index contributed by atoms with van der Waals surface area (Å²) < 4.78 is 0. The molecule has 0 aromatic carbocycles. The van der Waals surface area contributed by atoms with Crippen LogP contribution in [0.5, 0.6) is 5.75 Å². The van der Waals surface area contributed by atoms with Gasteiger partial charge in [0.25, 0.3) is 5.15 Å². The Balaban J connectivity index is 3.15. The molecule has 0 aliphatic rings. The van der Waals surface area contributed by atoms with Crippen molar-refractivity contribution >= 4 is 17.4 Å². The molecule has 1 aromatic rings. The lowest BCUT2D eigenvalue weighted by Crippen LogP contribution is -1.91. The lowest BCUT2D eigenvalue weighted by atomic mass is 10.4. The predicted octanol–water partition coefficient (Wildman–Crippen LogP) is 1.35. The Morgan fingerprint density at radius 1 is 1.64 bits per heavy atom. The van der Waals surface area contributed by atoms with E-state index >= 15 is 0 Å². The third-order valence-corrected chi connectivity index (χ3v) is 1.28. The highest BCUT2D eigenvalue weighted by molar-refractivity contribution is 6.30. The molecule has 0 atom stereocenters. The van der Waals surface area contributed by atoms with Gasteiger partial charge in [-0.1, -0.05) is 0 Å². The molecular formula is C5H3ClN2O3. The summed E-state index contributed by atoms with van der Waals surface area (Å²) in [6.07, 6.45) is 0. The highest BCUT2D eigenvalue weighted by Crippen LogP contribution is 2.22. The Kier molecular flexibility index (Phi) is 1.91. The van der Waals surface area contributed by atoms with Gasteiger partial charge in [0.05, 0.1) is 0 Å². The van der Waals surface area contributed by atoms with Crippen molar-refractivity contribution in [1.29, 1.82) is 0 Å². The Labute approximate surface area is 66.4 Å². The minimum atomic E-state index is -0.689. The Hall–Kier alpha value is -1.36. The molecule has 1 N–H and O–H groups in total. The van der Waals surface area contributed by atoms with Gasteiger partial charge in [0.2, 0.25) is 0 Å². The molecule has 1 heterocycles. The number of aromatic nitrogens is 1. The summed E-state index contributed by atoms with van der Waals surface area (Å²) in [4.78, 5) is 12.7. The lowest BCUT2D eigenvalue weighted by molar-refractivity contribution is -0.389. The molecule has 0 unspecified atom stereocenters. The van der Waals surface area contributed by atoms with E-state index in [2.05, 4.69) is 4.98 Å². The summed E-state index contributed by atoms with van der Waals surface area (Å²) in [5.74, 6) is -0.648. The van der Waals surface area contributed by atoms with Crippen molar-refractivity contribution in [2.45, 2.75) is 0 Å². The number of aromatic hydroxyl groups is 1. The van der Waals surface area contributed by atoms with Crippen molar-refractivity contribution in [2.75, 3.05) is 0 Å². The monoisotopic (exact) mass is 174 g/mol. The molecule has 1 aromatic heterocycles. The maximum Gasteiger partial charge on any atom is 0.365 e. The van der Waals surface area contributed by atoms with Crippen LogP contribution in [0.25, 0.3) is 0 Å². The van der Waals surface area contributed by atoms with Gasteiger partial charge < -0.3 is 15.2 Å². The Bertz CT molecular complexity index is 302. The van der Waals surface area contributed by atoms with E-state index in [1.54, 1.807) is 0 Å². The summed E-state index contributed by atoms with van der Waals surface area (Å²) in [5, 5.41) is 18.6. The quantitative estimate of drug-likeness (QED) is 0.396. The molecule has 0 fully saturated rings. The van der Waals surface area contributed by atoms with Crippen LogP contribution in [0.15, 0.2) is 12.1 Å². The van der Waals surface area contributed by atoms with Crippen molar-refractivity contribution < 1.29 is 10.0 Å². The molecule has 0 aliphatic carbocycles. The predicted molar refractivity (Wildman–Crippen MR) is 37.6 cm³/mol. The first kappa shape index (κ1) is 7.74. The highest BCUT2D eigenvalue weighted by Gasteiger charge is 2.11. The van der Waals surface area contributed by atoms with Gasteiger partial charge in [-0.15, -0.1) is 0 Å². The maximum atomic E-state index is 10.1. The number of halogens is 1. The molecule has 0 spiro atoms. The van der Waals surface area contributed by atoms with E-state index < -0.39 is 4.92 Å². The third kappa shape index (κ3) is 1.56. The number of hydrogen-bond donors (Lipinski definition) is 1. The van der Waals surface area contributed by atoms with E-state index in [-0.39, 0.29) is 16.7 Å². The molecular weight excluding hydrogens is 172 g/mol. The number of nitrogens with zero attached hydrogens (tertiary/aromatic N) is 2. The minimum Gasteiger partial charge on any atom is -0.503 e. The molecule has 11 heavy (non-hydrogen) atoms. The van der Waals surface area contributed by atoms with Crippen molar-refractivity contribution in [3.8, 4) is 5.75 Å². The Morgan fingerprint density at radius 2 is 2.27 bits per heavy atom. The third-order valence-electron chi connectivity index (χ3n) is 1.00. The van der Waals surface area contributed by atoms with Crippen LogP contribution in [0.2, 0.25) is 5.15 Å². The fraction of sp³-hybridized carbons (Fsp3) is 0. The number of pyridine rings is 1. The molecule has 0 saturated heterocycles. The summed E-state index contributed by atoms with van der Waals surface area (Å²) >= 11 is 5.29. The van der Waals surface area contributed by atoms with Crippen LogP contribution in [0, 0.1) is 10.1 Å². The largest absolute Gasteiger partial charge is 0.503 e. The average molecular weight is 175 g/mol. The summed E-state index contributed by atoms with van der Waals surface area (Å²) in [6, 6.07) is 2.19. The molecule has 0 radical (unpaired) electrons. The van der Waals surface area contributed by atoms with Crippen LogP contribution in [-0.4, -0.2) is 15.0 Å². The average Bonchev–Trinajstić information content (AvgIpc) is 1.94. The topological polar surface area (TPSA) is 76.3 Å². The van der Waals surface area contributed by atoms with Gasteiger partial charge in [0.15, 0.2) is 5.75 Å². The number of rotatable bonds is 1. The standard InChI is InChI=1S/C5H3ClN2O3/c6-5-3(9)1-2-4(7-5)8(10)11/h1-2,9H. The maximum absolute atomic E-state index is 10.1. The van der Waals surface area contributed by atoms with E-state index in [0.717, 1.165) is 12.1 Å². The molecule has 0 bridgehead atoms. The van der Waals surface area contributed by atoms with Gasteiger partial charge in [-0.05, 0) is 27.6 Å². The molecule has 0 aliphatic heterocycles. The second-order valence-corrected chi connectivity index (χ2v) is 2.09. The van der Waals surface area contributed by atoms with Crippen LogP contribution in [0.1, 0.15) is 0 Å². The molecule has 58 valence electrons. The summed E-state index contributed by atoms with van der Waals surface area (Å²) in [5.41, 5.74) is 0. The van der Waals surface area contributed by atoms with Crippen molar-refractivity contribution in [2.24, 2.45) is 0 Å². The van der Waals surface area contributed by atoms with E-state index in [9.17, 15) is 10.1 Å². The zero-order valence-corrected chi connectivity index (χ0v) is 5.95. The smallest absolute Gasteiger partial charge is 0.365 e. The van der Waals surface area contributed by atoms with Gasteiger partial charge in [-0.3, -0.25) is 0 Å². The van der Waals surface area contributed by atoms with Gasteiger partial charge in [-0.25, -0.2) is 0 Å². The van der Waals surface area contributed by atoms with Crippen LogP contribution in [-0.2, 0) is 0 Å². The van der Waals surface area contributed by atoms with Gasteiger partial charge >= 0.3 is 5.82 Å². The summed E-state index contributed by atoms with van der Waals surface area (Å²) in [6.45, 7) is 0. The number of nitro groups is 1. The van der Waals surface area contributed by atoms with E-state index in [1.807, 2.05) is 0 Å². The normalized spacial score (nSPS) is 9.55.